The molecular formula is C31H63N3S6Sn. The van der Waals surface area contributed by atoms with Gasteiger partial charge in [0.1, 0.15) is 0 Å². The summed E-state index contributed by atoms with van der Waals surface area (Å²) in [6, 6.07) is 0. The van der Waals surface area contributed by atoms with Crippen LogP contribution in [-0.4, -0.2) is 81.2 Å². The summed E-state index contributed by atoms with van der Waals surface area (Å²) in [5.74, 6) is 0. The first-order valence-corrected chi connectivity index (χ1v) is 32.9. The Morgan fingerprint density at radius 1 is 0.415 bits per heavy atom. The third-order valence-corrected chi connectivity index (χ3v) is 44.5. The van der Waals surface area contributed by atoms with Crippen molar-refractivity contribution in [3.63, 3.8) is 0 Å². The van der Waals surface area contributed by atoms with Crippen LogP contribution in [0.15, 0.2) is 0 Å². The zero-order valence-electron chi connectivity index (χ0n) is 27.6. The van der Waals surface area contributed by atoms with Gasteiger partial charge in [-0.3, -0.25) is 0 Å². The minimum absolute atomic E-state index is 1.07. The molecule has 0 rings (SSSR count). The molecule has 0 spiro atoms. The second-order valence-electron chi connectivity index (χ2n) is 11.0. The number of rotatable bonds is 24. The molecule has 0 aromatic rings. The van der Waals surface area contributed by atoms with E-state index in [0.717, 1.165) is 52.2 Å². The van der Waals surface area contributed by atoms with E-state index in [1.807, 2.05) is 0 Å². The van der Waals surface area contributed by atoms with E-state index in [9.17, 15) is 0 Å². The summed E-state index contributed by atoms with van der Waals surface area (Å²) in [7, 11) is 6.28. The molecule has 3 nitrogen and oxygen atoms in total. The van der Waals surface area contributed by atoms with Crippen LogP contribution in [0.1, 0.15) is 138 Å². The maximum atomic E-state index is 6.32. The molecule has 0 bridgehead atoms. The van der Waals surface area contributed by atoms with Crippen LogP contribution in [-0.2, 0) is 0 Å². The topological polar surface area (TPSA) is 9.72 Å². The number of hydrogen-bond donors (Lipinski definition) is 0. The van der Waals surface area contributed by atoms with Gasteiger partial charge in [-0.1, -0.05) is 0 Å². The summed E-state index contributed by atoms with van der Waals surface area (Å²) >= 11 is 15.7. The van der Waals surface area contributed by atoms with Crippen molar-refractivity contribution in [3.05, 3.63) is 0 Å². The van der Waals surface area contributed by atoms with Gasteiger partial charge in [0.25, 0.3) is 0 Å². The van der Waals surface area contributed by atoms with E-state index in [4.69, 9.17) is 36.7 Å². The van der Waals surface area contributed by atoms with E-state index in [2.05, 4.69) is 90.0 Å². The predicted octanol–water partition coefficient (Wildman–Crippen LogP) is 11.5. The van der Waals surface area contributed by atoms with Crippen LogP contribution >= 0.6 is 63.5 Å². The van der Waals surface area contributed by atoms with Crippen molar-refractivity contribution in [1.82, 2.24) is 14.7 Å². The Bertz CT molecular complexity index is 589. The number of hydrogen-bond acceptors (Lipinski definition) is 6. The van der Waals surface area contributed by atoms with Crippen LogP contribution < -0.4 is 0 Å². The molecule has 0 fully saturated rings. The van der Waals surface area contributed by atoms with E-state index >= 15 is 0 Å². The molecule has 10 heteroatoms. The van der Waals surface area contributed by atoms with Crippen LogP contribution in [0.2, 0.25) is 4.44 Å². The second kappa shape index (κ2) is 27.8. The van der Waals surface area contributed by atoms with Crippen molar-refractivity contribution in [2.24, 2.45) is 0 Å². The van der Waals surface area contributed by atoms with Crippen LogP contribution in [0.3, 0.4) is 0 Å². The number of unbranched alkanes of at least 4 members (excludes halogenated alkanes) is 7. The molecule has 0 N–H and O–H groups in total. The molecular weight excluding hydrogens is 725 g/mol. The first kappa shape index (κ1) is 42.5. The number of nitrogens with zero attached hydrogens (tertiary/aromatic N) is 3. The molecule has 0 unspecified atom stereocenters. The van der Waals surface area contributed by atoms with Gasteiger partial charge in [-0.15, -0.1) is 0 Å². The zero-order chi connectivity index (χ0) is 30.9. The molecule has 0 amide bonds. The quantitative estimate of drug-likeness (QED) is 0.0693. The first-order chi connectivity index (χ1) is 19.8. The van der Waals surface area contributed by atoms with Gasteiger partial charge in [0.15, 0.2) is 0 Å². The number of thiocarbonyl (C=S) groups is 3. The molecule has 0 aliphatic rings. The second-order valence-corrected chi connectivity index (χ2v) is 44.5. The fraction of sp³-hybridized carbons (Fsp3) is 0.903. The van der Waals surface area contributed by atoms with Gasteiger partial charge in [0, 0.05) is 0 Å². The molecule has 0 aliphatic carbocycles. The molecule has 0 radical (unpaired) electrons. The van der Waals surface area contributed by atoms with E-state index in [0.29, 0.717) is 0 Å². The third-order valence-electron chi connectivity index (χ3n) is 7.03. The summed E-state index contributed by atoms with van der Waals surface area (Å²) in [6.45, 7) is 22.4. The monoisotopic (exact) mass is 789 g/mol. The van der Waals surface area contributed by atoms with Crippen LogP contribution in [0, 0.1) is 0 Å². The molecule has 0 atom stereocenters. The Morgan fingerprint density at radius 3 is 0.829 bits per heavy atom. The van der Waals surface area contributed by atoms with Crippen molar-refractivity contribution in [2.75, 3.05) is 39.3 Å². The van der Waals surface area contributed by atoms with E-state index in [-0.39, 0.29) is 0 Å². The molecule has 0 heterocycles. The summed E-state index contributed by atoms with van der Waals surface area (Å²) in [5.41, 5.74) is 0. The van der Waals surface area contributed by atoms with Gasteiger partial charge in [-0.25, -0.2) is 0 Å². The molecule has 0 aromatic heterocycles. The minimum atomic E-state index is -3.24. The van der Waals surface area contributed by atoms with Gasteiger partial charge < -0.3 is 0 Å². The normalized spacial score (nSPS) is 11.5. The average Bonchev–Trinajstić information content (AvgIpc) is 2.96. The summed E-state index contributed by atoms with van der Waals surface area (Å²) in [5, 5.41) is 0. The first-order valence-electron chi connectivity index (χ1n) is 16.7. The molecule has 41 heavy (non-hydrogen) atoms. The van der Waals surface area contributed by atoms with Gasteiger partial charge in [-0.2, -0.15) is 0 Å². The Morgan fingerprint density at radius 2 is 0.634 bits per heavy atom. The molecule has 242 valence electrons. The third kappa shape index (κ3) is 19.6. The Kier molecular flexibility index (Phi) is 28.8. The van der Waals surface area contributed by atoms with E-state index in [1.165, 1.54) is 94.3 Å². The summed E-state index contributed by atoms with van der Waals surface area (Å²) in [4.78, 5) is 7.57. The van der Waals surface area contributed by atoms with Crippen molar-refractivity contribution in [2.45, 2.75) is 143 Å². The van der Waals surface area contributed by atoms with Gasteiger partial charge >= 0.3 is 287 Å². The summed E-state index contributed by atoms with van der Waals surface area (Å²) in [6.07, 6.45) is 16.8. The summed E-state index contributed by atoms with van der Waals surface area (Å²) < 4.78 is 4.59. The Balaban J connectivity index is 6.43. The van der Waals surface area contributed by atoms with E-state index in [1.54, 1.807) is 0 Å². The van der Waals surface area contributed by atoms with Crippen LogP contribution in [0.5, 0.6) is 0 Å². The van der Waals surface area contributed by atoms with Crippen molar-refractivity contribution in [1.29, 1.82) is 0 Å². The predicted molar refractivity (Wildman–Crippen MR) is 210 cm³/mol. The van der Waals surface area contributed by atoms with Crippen molar-refractivity contribution >= 4 is 90.7 Å². The molecule has 0 saturated carbocycles. The van der Waals surface area contributed by atoms with Crippen molar-refractivity contribution in [3.8, 4) is 0 Å². The zero-order valence-corrected chi connectivity index (χ0v) is 35.4. The Labute approximate surface area is 284 Å². The molecule has 0 aliphatic heterocycles. The van der Waals surface area contributed by atoms with Crippen molar-refractivity contribution < 1.29 is 0 Å². The fourth-order valence-electron chi connectivity index (χ4n) is 4.18. The SMILES string of the molecule is CCCCN(CCCC)C(=S)[S][Sn]([CH2]CCC)([S]C(=S)N(CCCC)CCCC)[S]C(=S)N(CCCC)CCCC. The fourth-order valence-corrected chi connectivity index (χ4v) is 52.9. The van der Waals surface area contributed by atoms with Crippen LogP contribution in [0.25, 0.3) is 0 Å². The average molecular weight is 789 g/mol. The molecule has 0 saturated heterocycles. The van der Waals surface area contributed by atoms with Gasteiger partial charge in [-0.05, 0) is 0 Å². The Hall–Kier alpha value is 1.52. The van der Waals surface area contributed by atoms with E-state index < -0.39 is 14.2 Å². The standard InChI is InChI=1S/3C9H19NS2.C4H9.Sn/c3*1-3-5-7-10(9(11)12)8-6-4-2;1-3-4-2;/h3*3-8H2,1-2H3,(H,11,12);1,3-4H2,2H3;/q;;;;+3/p-3. The van der Waals surface area contributed by atoms with Gasteiger partial charge in [0.2, 0.25) is 0 Å². The molecule has 0 aromatic carbocycles. The maximum absolute atomic E-state index is 6.32. The van der Waals surface area contributed by atoms with Crippen LogP contribution in [0.4, 0.5) is 0 Å². The van der Waals surface area contributed by atoms with Gasteiger partial charge in [0.05, 0.1) is 0 Å².